The van der Waals surface area contributed by atoms with Gasteiger partial charge in [0.05, 0.1) is 5.54 Å². The van der Waals surface area contributed by atoms with E-state index in [-0.39, 0.29) is 18.3 Å². The van der Waals surface area contributed by atoms with Gasteiger partial charge in [-0.3, -0.25) is 4.79 Å². The van der Waals surface area contributed by atoms with E-state index in [1.807, 2.05) is 6.07 Å². The summed E-state index contributed by atoms with van der Waals surface area (Å²) in [7, 11) is 0. The van der Waals surface area contributed by atoms with Crippen LogP contribution in [0.1, 0.15) is 24.8 Å². The van der Waals surface area contributed by atoms with Gasteiger partial charge in [0.25, 0.3) is 0 Å². The molecule has 1 aromatic carbocycles. The number of halogens is 1. The molecule has 2 atom stereocenters. The third-order valence-corrected chi connectivity index (χ3v) is 4.42. The summed E-state index contributed by atoms with van der Waals surface area (Å²) in [5.41, 5.74) is 6.80. The first kappa shape index (κ1) is 16.3. The highest BCUT2D eigenvalue weighted by Gasteiger charge is 2.43. The Balaban J connectivity index is 0.00000161. The SMILES string of the molecule is Cl.NC1(C(=O)NC2CC2Cc2ccccc2)CCOCC1. The zero-order chi connectivity index (χ0) is 14.0. The first-order chi connectivity index (χ1) is 9.67. The molecule has 1 aliphatic carbocycles. The Hall–Kier alpha value is -1.10. The van der Waals surface area contributed by atoms with Gasteiger partial charge in [-0.2, -0.15) is 0 Å². The Bertz CT molecular complexity index is 474. The second kappa shape index (κ2) is 6.77. The summed E-state index contributed by atoms with van der Waals surface area (Å²) in [4.78, 5) is 12.3. The Morgan fingerprint density at radius 2 is 1.95 bits per heavy atom. The van der Waals surface area contributed by atoms with Crippen LogP contribution < -0.4 is 11.1 Å². The van der Waals surface area contributed by atoms with Crippen molar-refractivity contribution in [1.82, 2.24) is 5.32 Å². The van der Waals surface area contributed by atoms with Crippen LogP contribution in [-0.4, -0.2) is 30.7 Å². The van der Waals surface area contributed by atoms with E-state index in [0.717, 1.165) is 12.8 Å². The van der Waals surface area contributed by atoms with Crippen LogP contribution >= 0.6 is 12.4 Å². The minimum Gasteiger partial charge on any atom is -0.381 e. The van der Waals surface area contributed by atoms with Crippen molar-refractivity contribution in [2.45, 2.75) is 37.3 Å². The summed E-state index contributed by atoms with van der Waals surface area (Å²) in [6, 6.07) is 10.7. The standard InChI is InChI=1S/C16H22N2O2.ClH/c17-16(6-8-20-9-7-16)15(19)18-14-11-13(14)10-12-4-2-1-3-5-12;/h1-5,13-14H,6-11,17H2,(H,18,19);1H. The molecule has 4 nitrogen and oxygen atoms in total. The maximum atomic E-state index is 12.3. The van der Waals surface area contributed by atoms with Crippen molar-refractivity contribution in [2.75, 3.05) is 13.2 Å². The number of nitrogens with two attached hydrogens (primary N) is 1. The van der Waals surface area contributed by atoms with E-state index in [9.17, 15) is 4.79 Å². The predicted molar refractivity (Wildman–Crippen MR) is 84.4 cm³/mol. The first-order valence-electron chi connectivity index (χ1n) is 7.39. The topological polar surface area (TPSA) is 64.4 Å². The smallest absolute Gasteiger partial charge is 0.240 e. The lowest BCUT2D eigenvalue weighted by molar-refractivity contribution is -0.130. The molecule has 2 aliphatic rings. The number of hydrogen-bond donors (Lipinski definition) is 2. The van der Waals surface area contributed by atoms with Gasteiger partial charge in [-0.05, 0) is 37.2 Å². The molecule has 0 bridgehead atoms. The minimum absolute atomic E-state index is 0. The van der Waals surface area contributed by atoms with Gasteiger partial charge in [0.15, 0.2) is 0 Å². The number of carbonyl (C=O) groups is 1. The molecular weight excluding hydrogens is 288 g/mol. The molecule has 1 saturated carbocycles. The first-order valence-corrected chi connectivity index (χ1v) is 7.39. The van der Waals surface area contributed by atoms with Gasteiger partial charge >= 0.3 is 0 Å². The molecule has 2 fully saturated rings. The van der Waals surface area contributed by atoms with Crippen LogP contribution in [0.15, 0.2) is 30.3 Å². The van der Waals surface area contributed by atoms with Crippen molar-refractivity contribution in [2.24, 2.45) is 11.7 Å². The van der Waals surface area contributed by atoms with Crippen LogP contribution in [0.5, 0.6) is 0 Å². The van der Waals surface area contributed by atoms with Gasteiger partial charge in [-0.1, -0.05) is 30.3 Å². The second-order valence-corrected chi connectivity index (χ2v) is 6.03. The zero-order valence-corrected chi connectivity index (χ0v) is 12.9. The minimum atomic E-state index is -0.724. The number of amides is 1. The Morgan fingerprint density at radius 1 is 1.29 bits per heavy atom. The number of rotatable bonds is 4. The van der Waals surface area contributed by atoms with Crippen LogP contribution in [0, 0.1) is 5.92 Å². The van der Waals surface area contributed by atoms with E-state index < -0.39 is 5.54 Å². The summed E-state index contributed by atoms with van der Waals surface area (Å²) >= 11 is 0. The molecule has 1 aromatic rings. The molecule has 5 heteroatoms. The molecule has 3 N–H and O–H groups in total. The quantitative estimate of drug-likeness (QED) is 0.889. The third kappa shape index (κ3) is 3.96. The van der Waals surface area contributed by atoms with Crippen molar-refractivity contribution < 1.29 is 9.53 Å². The molecule has 0 radical (unpaired) electrons. The van der Waals surface area contributed by atoms with E-state index in [4.69, 9.17) is 10.5 Å². The van der Waals surface area contributed by atoms with Crippen LogP contribution in [0.3, 0.4) is 0 Å². The zero-order valence-electron chi connectivity index (χ0n) is 12.1. The fraction of sp³-hybridized carbons (Fsp3) is 0.562. The lowest BCUT2D eigenvalue weighted by Crippen LogP contribution is -2.57. The average molecular weight is 311 g/mol. The van der Waals surface area contributed by atoms with Gasteiger partial charge in [-0.25, -0.2) is 0 Å². The summed E-state index contributed by atoms with van der Waals surface area (Å²) < 4.78 is 5.28. The maximum absolute atomic E-state index is 12.3. The molecule has 1 aliphatic heterocycles. The second-order valence-electron chi connectivity index (χ2n) is 6.03. The fourth-order valence-electron chi connectivity index (χ4n) is 2.84. The summed E-state index contributed by atoms with van der Waals surface area (Å²) in [5.74, 6) is 0.561. The van der Waals surface area contributed by atoms with Crippen molar-refractivity contribution in [3.63, 3.8) is 0 Å². The Kier molecular flexibility index (Phi) is 5.25. The van der Waals surface area contributed by atoms with Gasteiger partial charge in [0.1, 0.15) is 0 Å². The van der Waals surface area contributed by atoms with E-state index in [0.29, 0.717) is 38.0 Å². The lowest BCUT2D eigenvalue weighted by atomic mass is 9.90. The van der Waals surface area contributed by atoms with Gasteiger partial charge in [0, 0.05) is 19.3 Å². The van der Waals surface area contributed by atoms with Gasteiger partial charge in [-0.15, -0.1) is 12.4 Å². The molecule has 0 aromatic heterocycles. The number of ether oxygens (including phenoxy) is 1. The molecule has 116 valence electrons. The molecule has 1 saturated heterocycles. The van der Waals surface area contributed by atoms with E-state index >= 15 is 0 Å². The van der Waals surface area contributed by atoms with Crippen molar-refractivity contribution in [3.8, 4) is 0 Å². The normalized spacial score (nSPS) is 26.5. The number of carbonyl (C=O) groups excluding carboxylic acids is 1. The largest absolute Gasteiger partial charge is 0.381 e. The Labute approximate surface area is 131 Å². The van der Waals surface area contributed by atoms with Crippen molar-refractivity contribution in [3.05, 3.63) is 35.9 Å². The highest BCUT2D eigenvalue weighted by atomic mass is 35.5. The fourth-order valence-corrected chi connectivity index (χ4v) is 2.84. The van der Waals surface area contributed by atoms with Gasteiger partial charge < -0.3 is 15.8 Å². The number of hydrogen-bond acceptors (Lipinski definition) is 3. The van der Waals surface area contributed by atoms with E-state index in [1.54, 1.807) is 0 Å². The third-order valence-electron chi connectivity index (χ3n) is 4.42. The summed E-state index contributed by atoms with van der Waals surface area (Å²) in [5, 5.41) is 3.11. The number of benzene rings is 1. The van der Waals surface area contributed by atoms with Crippen molar-refractivity contribution in [1.29, 1.82) is 0 Å². The maximum Gasteiger partial charge on any atom is 0.240 e. The molecule has 1 amide bonds. The molecule has 3 rings (SSSR count). The van der Waals surface area contributed by atoms with E-state index in [1.165, 1.54) is 5.56 Å². The highest BCUT2D eigenvalue weighted by molar-refractivity contribution is 5.86. The monoisotopic (exact) mass is 310 g/mol. The molecule has 0 spiro atoms. The average Bonchev–Trinajstić information content (AvgIpc) is 3.18. The van der Waals surface area contributed by atoms with Gasteiger partial charge in [0.2, 0.25) is 5.91 Å². The number of nitrogens with one attached hydrogen (secondary N) is 1. The molecule has 1 heterocycles. The summed E-state index contributed by atoms with van der Waals surface area (Å²) in [6.07, 6.45) is 3.34. The molecule has 2 unspecified atom stereocenters. The van der Waals surface area contributed by atoms with Crippen LogP contribution in [0.25, 0.3) is 0 Å². The van der Waals surface area contributed by atoms with Crippen LogP contribution in [0.4, 0.5) is 0 Å². The predicted octanol–water partition coefficient (Wildman–Crippen LogP) is 1.66. The Morgan fingerprint density at radius 3 is 2.62 bits per heavy atom. The highest BCUT2D eigenvalue weighted by Crippen LogP contribution is 2.34. The van der Waals surface area contributed by atoms with Crippen molar-refractivity contribution >= 4 is 18.3 Å². The lowest BCUT2D eigenvalue weighted by Gasteiger charge is -2.31. The molecular formula is C16H23ClN2O2. The van der Waals surface area contributed by atoms with E-state index in [2.05, 4.69) is 29.6 Å². The van der Waals surface area contributed by atoms with Crippen LogP contribution in [-0.2, 0) is 16.0 Å². The van der Waals surface area contributed by atoms with Crippen LogP contribution in [0.2, 0.25) is 0 Å². The molecule has 21 heavy (non-hydrogen) atoms. The summed E-state index contributed by atoms with van der Waals surface area (Å²) in [6.45, 7) is 1.17.